The Morgan fingerprint density at radius 3 is 2.68 bits per heavy atom. The molecule has 0 aliphatic heterocycles. The van der Waals surface area contributed by atoms with Gasteiger partial charge in [-0.05, 0) is 43.3 Å². The van der Waals surface area contributed by atoms with Gasteiger partial charge in [0.05, 0.1) is 10.0 Å². The third kappa shape index (κ3) is 3.53. The highest BCUT2D eigenvalue weighted by Crippen LogP contribution is 2.24. The molecule has 0 bridgehead atoms. The number of nitrogens with zero attached hydrogens (tertiary/aromatic N) is 1. The summed E-state index contributed by atoms with van der Waals surface area (Å²) >= 11 is 12.0. The Bertz CT molecular complexity index is 549. The molecule has 0 amide bonds. The molecular formula is C15H18Cl2N2. The van der Waals surface area contributed by atoms with Gasteiger partial charge in [-0.1, -0.05) is 36.2 Å². The van der Waals surface area contributed by atoms with E-state index in [1.807, 2.05) is 18.2 Å². The molecule has 0 radical (unpaired) electrons. The van der Waals surface area contributed by atoms with E-state index < -0.39 is 0 Å². The summed E-state index contributed by atoms with van der Waals surface area (Å²) in [5, 5.41) is 4.63. The molecule has 1 atom stereocenters. The molecule has 2 nitrogen and oxygen atoms in total. The van der Waals surface area contributed by atoms with Gasteiger partial charge >= 0.3 is 0 Å². The number of aromatic nitrogens is 1. The second-order valence-corrected chi connectivity index (χ2v) is 5.40. The van der Waals surface area contributed by atoms with Crippen molar-refractivity contribution in [2.45, 2.75) is 26.4 Å². The third-order valence-corrected chi connectivity index (χ3v) is 3.89. The first-order chi connectivity index (χ1) is 9.11. The molecule has 19 heavy (non-hydrogen) atoms. The minimum absolute atomic E-state index is 0.336. The molecular weight excluding hydrogens is 279 g/mol. The molecule has 0 saturated carbocycles. The maximum Gasteiger partial charge on any atom is 0.0595 e. The Morgan fingerprint density at radius 1 is 1.21 bits per heavy atom. The molecule has 1 aromatic heterocycles. The molecule has 102 valence electrons. The molecule has 0 spiro atoms. The fraction of sp³-hybridized carbons (Fsp3) is 0.333. The number of rotatable bonds is 5. The van der Waals surface area contributed by atoms with Crippen LogP contribution in [0.2, 0.25) is 10.0 Å². The van der Waals surface area contributed by atoms with Gasteiger partial charge in [0.15, 0.2) is 0 Å². The zero-order valence-corrected chi connectivity index (χ0v) is 12.7. The van der Waals surface area contributed by atoms with Crippen LogP contribution >= 0.6 is 23.2 Å². The summed E-state index contributed by atoms with van der Waals surface area (Å²) in [6, 6.07) is 10.3. The fourth-order valence-electron chi connectivity index (χ4n) is 2.21. The Kier molecular flexibility index (Phi) is 4.92. The molecule has 1 unspecified atom stereocenters. The van der Waals surface area contributed by atoms with Gasteiger partial charge in [-0.25, -0.2) is 0 Å². The Balaban J connectivity index is 2.19. The van der Waals surface area contributed by atoms with Crippen molar-refractivity contribution in [1.29, 1.82) is 0 Å². The molecule has 4 heteroatoms. The van der Waals surface area contributed by atoms with Crippen LogP contribution in [0.25, 0.3) is 0 Å². The number of halogens is 2. The highest BCUT2D eigenvalue weighted by atomic mass is 35.5. The van der Waals surface area contributed by atoms with E-state index in [9.17, 15) is 0 Å². The van der Waals surface area contributed by atoms with Gasteiger partial charge in [-0.15, -0.1) is 0 Å². The van der Waals surface area contributed by atoms with E-state index in [0.717, 1.165) is 18.7 Å². The van der Waals surface area contributed by atoms with Crippen molar-refractivity contribution in [3.8, 4) is 0 Å². The highest BCUT2D eigenvalue weighted by molar-refractivity contribution is 6.42. The number of benzene rings is 1. The molecule has 1 N–H and O–H groups in total. The van der Waals surface area contributed by atoms with Gasteiger partial charge in [0.2, 0.25) is 0 Å². The van der Waals surface area contributed by atoms with E-state index in [4.69, 9.17) is 23.2 Å². The van der Waals surface area contributed by atoms with Gasteiger partial charge in [-0.2, -0.15) is 0 Å². The molecule has 0 aliphatic carbocycles. The Labute approximate surface area is 124 Å². The SMILES string of the molecule is CCNC(C)c1cccn1Cc1ccc(Cl)c(Cl)c1. The fourth-order valence-corrected chi connectivity index (χ4v) is 2.53. The first kappa shape index (κ1) is 14.4. The van der Waals surface area contributed by atoms with Crippen LogP contribution in [0.15, 0.2) is 36.5 Å². The van der Waals surface area contributed by atoms with E-state index in [1.165, 1.54) is 5.69 Å². The second kappa shape index (κ2) is 6.47. The van der Waals surface area contributed by atoms with Crippen molar-refractivity contribution in [2.75, 3.05) is 6.54 Å². The van der Waals surface area contributed by atoms with Crippen molar-refractivity contribution in [2.24, 2.45) is 0 Å². The lowest BCUT2D eigenvalue weighted by Gasteiger charge is -2.16. The molecule has 2 aromatic rings. The standard InChI is InChI=1S/C15H18Cl2N2/c1-3-18-11(2)15-5-4-8-19(15)10-12-6-7-13(16)14(17)9-12/h4-9,11,18H,3,10H2,1-2H3. The normalized spacial score (nSPS) is 12.6. The van der Waals surface area contributed by atoms with E-state index in [1.54, 1.807) is 0 Å². The van der Waals surface area contributed by atoms with Gasteiger partial charge in [0.25, 0.3) is 0 Å². The molecule has 0 saturated heterocycles. The van der Waals surface area contributed by atoms with Gasteiger partial charge in [0, 0.05) is 24.5 Å². The maximum absolute atomic E-state index is 6.05. The monoisotopic (exact) mass is 296 g/mol. The average Bonchev–Trinajstić information content (AvgIpc) is 2.82. The van der Waals surface area contributed by atoms with Crippen LogP contribution in [-0.2, 0) is 6.54 Å². The van der Waals surface area contributed by atoms with Gasteiger partial charge in [-0.3, -0.25) is 0 Å². The summed E-state index contributed by atoms with van der Waals surface area (Å²) in [5.74, 6) is 0. The Hall–Kier alpha value is -0.960. The van der Waals surface area contributed by atoms with E-state index >= 15 is 0 Å². The lowest BCUT2D eigenvalue weighted by Crippen LogP contribution is -2.20. The van der Waals surface area contributed by atoms with Gasteiger partial charge < -0.3 is 9.88 Å². The van der Waals surface area contributed by atoms with Crippen LogP contribution in [0.4, 0.5) is 0 Å². The van der Waals surface area contributed by atoms with Crippen molar-refractivity contribution in [3.05, 3.63) is 57.8 Å². The number of nitrogens with one attached hydrogen (secondary N) is 1. The predicted octanol–water partition coefficient (Wildman–Crippen LogP) is 4.51. The largest absolute Gasteiger partial charge is 0.346 e. The molecule has 1 aromatic carbocycles. The zero-order chi connectivity index (χ0) is 13.8. The number of hydrogen-bond acceptors (Lipinski definition) is 1. The van der Waals surface area contributed by atoms with Crippen LogP contribution in [0, 0.1) is 0 Å². The average molecular weight is 297 g/mol. The Morgan fingerprint density at radius 2 is 2.00 bits per heavy atom. The van der Waals surface area contributed by atoms with Crippen LogP contribution in [0.1, 0.15) is 31.1 Å². The number of hydrogen-bond donors (Lipinski definition) is 1. The quantitative estimate of drug-likeness (QED) is 0.859. The zero-order valence-electron chi connectivity index (χ0n) is 11.2. The summed E-state index contributed by atoms with van der Waals surface area (Å²) in [5.41, 5.74) is 2.42. The smallest absolute Gasteiger partial charge is 0.0595 e. The van der Waals surface area contributed by atoms with Crippen molar-refractivity contribution in [1.82, 2.24) is 9.88 Å². The predicted molar refractivity (Wildman–Crippen MR) is 82.1 cm³/mol. The van der Waals surface area contributed by atoms with Crippen LogP contribution in [0.3, 0.4) is 0 Å². The summed E-state index contributed by atoms with van der Waals surface area (Å²) in [7, 11) is 0. The summed E-state index contributed by atoms with van der Waals surface area (Å²) in [6.45, 7) is 6.04. The molecule has 0 fully saturated rings. The van der Waals surface area contributed by atoms with Crippen molar-refractivity contribution < 1.29 is 0 Å². The highest BCUT2D eigenvalue weighted by Gasteiger charge is 2.09. The van der Waals surface area contributed by atoms with Crippen LogP contribution < -0.4 is 5.32 Å². The maximum atomic E-state index is 6.05. The van der Waals surface area contributed by atoms with Crippen molar-refractivity contribution >= 4 is 23.2 Å². The molecule has 1 heterocycles. The van der Waals surface area contributed by atoms with Crippen molar-refractivity contribution in [3.63, 3.8) is 0 Å². The molecule has 0 aliphatic rings. The molecule has 2 rings (SSSR count). The van der Waals surface area contributed by atoms with Crippen LogP contribution in [0.5, 0.6) is 0 Å². The first-order valence-electron chi connectivity index (χ1n) is 6.44. The minimum Gasteiger partial charge on any atom is -0.346 e. The summed E-state index contributed by atoms with van der Waals surface area (Å²) in [6.07, 6.45) is 2.09. The van der Waals surface area contributed by atoms with E-state index in [2.05, 4.69) is 42.1 Å². The lowest BCUT2D eigenvalue weighted by atomic mass is 10.2. The summed E-state index contributed by atoms with van der Waals surface area (Å²) in [4.78, 5) is 0. The van der Waals surface area contributed by atoms with Gasteiger partial charge in [0.1, 0.15) is 0 Å². The first-order valence-corrected chi connectivity index (χ1v) is 7.19. The third-order valence-electron chi connectivity index (χ3n) is 3.16. The summed E-state index contributed by atoms with van der Waals surface area (Å²) < 4.78 is 2.23. The van der Waals surface area contributed by atoms with E-state index in [-0.39, 0.29) is 0 Å². The minimum atomic E-state index is 0.336. The lowest BCUT2D eigenvalue weighted by molar-refractivity contribution is 0.553. The van der Waals surface area contributed by atoms with E-state index in [0.29, 0.717) is 16.1 Å². The second-order valence-electron chi connectivity index (χ2n) is 4.59. The topological polar surface area (TPSA) is 17.0 Å². The van der Waals surface area contributed by atoms with Crippen LogP contribution in [-0.4, -0.2) is 11.1 Å².